The van der Waals surface area contributed by atoms with Crippen molar-refractivity contribution in [1.29, 1.82) is 5.26 Å². The van der Waals surface area contributed by atoms with Crippen molar-refractivity contribution in [3.63, 3.8) is 0 Å². The number of amides is 1. The molecule has 1 saturated heterocycles. The van der Waals surface area contributed by atoms with Crippen LogP contribution in [0.1, 0.15) is 39.0 Å². The third kappa shape index (κ3) is 2.51. The molecule has 0 N–H and O–H groups in total. The molecule has 1 saturated carbocycles. The molecular weight excluding hydrogens is 228 g/mol. The molecule has 0 aromatic heterocycles. The zero-order chi connectivity index (χ0) is 13.0. The zero-order valence-corrected chi connectivity index (χ0v) is 11.2. The Morgan fingerprint density at radius 1 is 1.44 bits per heavy atom. The highest BCUT2D eigenvalue weighted by Crippen LogP contribution is 2.34. The van der Waals surface area contributed by atoms with Crippen molar-refractivity contribution >= 4 is 5.91 Å². The smallest absolute Gasteiger partial charge is 0.243 e. The Morgan fingerprint density at radius 2 is 2.11 bits per heavy atom. The third-order valence-corrected chi connectivity index (χ3v) is 4.34. The average molecular weight is 250 g/mol. The molecule has 0 spiro atoms. The van der Waals surface area contributed by atoms with E-state index in [0.29, 0.717) is 38.5 Å². The lowest BCUT2D eigenvalue weighted by molar-refractivity contribution is -0.144. The molecule has 18 heavy (non-hydrogen) atoms. The highest BCUT2D eigenvalue weighted by atomic mass is 16.5. The Morgan fingerprint density at radius 3 is 2.56 bits per heavy atom. The summed E-state index contributed by atoms with van der Waals surface area (Å²) in [6.07, 6.45) is 4.83. The van der Waals surface area contributed by atoms with Crippen LogP contribution in [0.4, 0.5) is 0 Å². The summed E-state index contributed by atoms with van der Waals surface area (Å²) in [5.74, 6) is 0.687. The monoisotopic (exact) mass is 250 g/mol. The highest BCUT2D eigenvalue weighted by Gasteiger charge is 2.43. The van der Waals surface area contributed by atoms with E-state index >= 15 is 0 Å². The SMILES string of the molecule is CCN(CC1CCC1)C(=O)C1(C#N)CCOCC1. The molecule has 0 bridgehead atoms. The van der Waals surface area contributed by atoms with E-state index in [4.69, 9.17) is 4.74 Å². The number of carbonyl (C=O) groups is 1. The summed E-state index contributed by atoms with van der Waals surface area (Å²) in [4.78, 5) is 14.5. The second-order valence-electron chi connectivity index (χ2n) is 5.45. The van der Waals surface area contributed by atoms with Gasteiger partial charge in [-0.25, -0.2) is 0 Å². The van der Waals surface area contributed by atoms with Crippen LogP contribution in [-0.2, 0) is 9.53 Å². The maximum atomic E-state index is 12.6. The minimum atomic E-state index is -0.821. The Labute approximate surface area is 109 Å². The molecule has 4 nitrogen and oxygen atoms in total. The van der Waals surface area contributed by atoms with E-state index in [-0.39, 0.29) is 5.91 Å². The number of hydrogen-bond acceptors (Lipinski definition) is 3. The van der Waals surface area contributed by atoms with Crippen LogP contribution in [0.2, 0.25) is 0 Å². The van der Waals surface area contributed by atoms with E-state index < -0.39 is 5.41 Å². The molecule has 0 atom stereocenters. The summed E-state index contributed by atoms with van der Waals surface area (Å²) in [7, 11) is 0. The molecule has 1 aliphatic carbocycles. The molecule has 100 valence electrons. The van der Waals surface area contributed by atoms with Gasteiger partial charge in [0, 0.05) is 26.3 Å². The molecule has 0 aromatic carbocycles. The van der Waals surface area contributed by atoms with Crippen molar-refractivity contribution in [3.05, 3.63) is 0 Å². The van der Waals surface area contributed by atoms with E-state index in [9.17, 15) is 10.1 Å². The van der Waals surface area contributed by atoms with Gasteiger partial charge in [-0.15, -0.1) is 0 Å². The van der Waals surface area contributed by atoms with E-state index in [2.05, 4.69) is 6.07 Å². The van der Waals surface area contributed by atoms with Gasteiger partial charge in [0.1, 0.15) is 5.41 Å². The maximum absolute atomic E-state index is 12.6. The molecule has 4 heteroatoms. The van der Waals surface area contributed by atoms with Gasteiger partial charge in [0.15, 0.2) is 0 Å². The molecule has 2 aliphatic rings. The molecule has 0 unspecified atom stereocenters. The molecule has 0 radical (unpaired) electrons. The Kier molecular flexibility index (Phi) is 4.23. The third-order valence-electron chi connectivity index (χ3n) is 4.34. The van der Waals surface area contributed by atoms with E-state index in [1.807, 2.05) is 11.8 Å². The first kappa shape index (κ1) is 13.4. The summed E-state index contributed by atoms with van der Waals surface area (Å²) < 4.78 is 5.28. The van der Waals surface area contributed by atoms with Crippen LogP contribution in [0.25, 0.3) is 0 Å². The number of carbonyl (C=O) groups excluding carboxylic acids is 1. The van der Waals surface area contributed by atoms with Gasteiger partial charge in [-0.1, -0.05) is 6.42 Å². The van der Waals surface area contributed by atoms with Crippen LogP contribution in [0.5, 0.6) is 0 Å². The average Bonchev–Trinajstić information content (AvgIpc) is 2.38. The molecule has 1 heterocycles. The molecule has 2 fully saturated rings. The normalized spacial score (nSPS) is 22.9. The summed E-state index contributed by atoms with van der Waals surface area (Å²) in [5, 5.41) is 9.41. The zero-order valence-electron chi connectivity index (χ0n) is 11.2. The number of ether oxygens (including phenoxy) is 1. The number of nitriles is 1. The lowest BCUT2D eigenvalue weighted by atomic mass is 9.79. The molecule has 1 amide bonds. The van der Waals surface area contributed by atoms with Crippen LogP contribution in [0, 0.1) is 22.7 Å². The summed E-state index contributed by atoms with van der Waals surface area (Å²) in [6.45, 7) is 4.60. The quantitative estimate of drug-likeness (QED) is 0.766. The van der Waals surface area contributed by atoms with Crippen molar-refractivity contribution in [3.8, 4) is 6.07 Å². The molecule has 0 aromatic rings. The van der Waals surface area contributed by atoms with Gasteiger partial charge >= 0.3 is 0 Å². The van der Waals surface area contributed by atoms with Crippen molar-refractivity contribution in [2.45, 2.75) is 39.0 Å². The highest BCUT2D eigenvalue weighted by molar-refractivity contribution is 5.85. The first-order valence-electron chi connectivity index (χ1n) is 7.00. The van der Waals surface area contributed by atoms with E-state index in [1.54, 1.807) is 0 Å². The first-order valence-corrected chi connectivity index (χ1v) is 7.00. The summed E-state index contributed by atoms with van der Waals surface area (Å²) >= 11 is 0. The standard InChI is InChI=1S/C14H22N2O2/c1-2-16(10-12-4-3-5-12)13(17)14(11-15)6-8-18-9-7-14/h12H,2-10H2,1H3. The first-order chi connectivity index (χ1) is 8.72. The van der Waals surface area contributed by atoms with Gasteiger partial charge in [-0.2, -0.15) is 5.26 Å². The Hall–Kier alpha value is -1.08. The van der Waals surface area contributed by atoms with Crippen LogP contribution < -0.4 is 0 Å². The second-order valence-corrected chi connectivity index (χ2v) is 5.45. The van der Waals surface area contributed by atoms with Crippen LogP contribution in [-0.4, -0.2) is 37.1 Å². The predicted octanol–water partition coefficient (Wildman–Crippen LogP) is 1.96. The van der Waals surface area contributed by atoms with Gasteiger partial charge in [-0.3, -0.25) is 4.79 Å². The largest absolute Gasteiger partial charge is 0.381 e. The fourth-order valence-electron chi connectivity index (χ4n) is 2.74. The van der Waals surface area contributed by atoms with Crippen LogP contribution >= 0.6 is 0 Å². The van der Waals surface area contributed by atoms with Crippen molar-refractivity contribution in [2.75, 3.05) is 26.3 Å². The van der Waals surface area contributed by atoms with Gasteiger partial charge in [-0.05, 0) is 38.5 Å². The van der Waals surface area contributed by atoms with Gasteiger partial charge < -0.3 is 9.64 Å². The van der Waals surface area contributed by atoms with E-state index in [1.165, 1.54) is 19.3 Å². The minimum Gasteiger partial charge on any atom is -0.381 e. The maximum Gasteiger partial charge on any atom is 0.243 e. The lowest BCUT2D eigenvalue weighted by Gasteiger charge is -2.37. The Bertz CT molecular complexity index is 338. The minimum absolute atomic E-state index is 0.0303. The van der Waals surface area contributed by atoms with Crippen LogP contribution in [0.3, 0.4) is 0 Å². The number of rotatable bonds is 4. The number of nitrogens with zero attached hydrogens (tertiary/aromatic N) is 2. The fraction of sp³-hybridized carbons (Fsp3) is 0.857. The summed E-state index contributed by atoms with van der Waals surface area (Å²) in [6, 6.07) is 2.27. The fourth-order valence-corrected chi connectivity index (χ4v) is 2.74. The van der Waals surface area contributed by atoms with Crippen molar-refractivity contribution < 1.29 is 9.53 Å². The number of hydrogen-bond donors (Lipinski definition) is 0. The lowest BCUT2D eigenvalue weighted by Crippen LogP contribution is -2.48. The Balaban J connectivity index is 2.03. The second kappa shape index (κ2) is 5.71. The molecule has 2 rings (SSSR count). The molecular formula is C14H22N2O2. The van der Waals surface area contributed by atoms with Gasteiger partial charge in [0.05, 0.1) is 6.07 Å². The topological polar surface area (TPSA) is 53.3 Å². The predicted molar refractivity (Wildman–Crippen MR) is 67.7 cm³/mol. The molecule has 1 aliphatic heterocycles. The van der Waals surface area contributed by atoms with Crippen LogP contribution in [0.15, 0.2) is 0 Å². The van der Waals surface area contributed by atoms with Crippen molar-refractivity contribution in [2.24, 2.45) is 11.3 Å². The van der Waals surface area contributed by atoms with Gasteiger partial charge in [0.25, 0.3) is 0 Å². The summed E-state index contributed by atoms with van der Waals surface area (Å²) in [5.41, 5.74) is -0.821. The van der Waals surface area contributed by atoms with Crippen molar-refractivity contribution in [1.82, 2.24) is 4.90 Å². The van der Waals surface area contributed by atoms with E-state index in [0.717, 1.165) is 6.54 Å². The van der Waals surface area contributed by atoms with Gasteiger partial charge in [0.2, 0.25) is 5.91 Å².